The zero-order valence-electron chi connectivity index (χ0n) is 13.9. The first-order chi connectivity index (χ1) is 12.2. The number of carbonyl (C=O) groups excluding carboxylic acids is 1. The molecule has 1 aromatic carbocycles. The zero-order chi connectivity index (χ0) is 17.6. The summed E-state index contributed by atoms with van der Waals surface area (Å²) in [4.78, 5) is 16.3. The van der Waals surface area contributed by atoms with Crippen LogP contribution in [0, 0.1) is 0 Å². The predicted octanol–water partition coefficient (Wildman–Crippen LogP) is 2.67. The number of H-pyrrole nitrogens is 1. The van der Waals surface area contributed by atoms with Gasteiger partial charge >= 0.3 is 0 Å². The van der Waals surface area contributed by atoms with Crippen LogP contribution in [0.4, 0.5) is 5.82 Å². The molecule has 2 N–H and O–H groups in total. The molecule has 0 aliphatic carbocycles. The number of anilines is 1. The van der Waals surface area contributed by atoms with Crippen molar-refractivity contribution in [1.82, 2.24) is 15.2 Å². The third-order valence-electron chi connectivity index (χ3n) is 3.68. The lowest BCUT2D eigenvalue weighted by atomic mass is 10.1. The summed E-state index contributed by atoms with van der Waals surface area (Å²) in [5.74, 6) is 1.57. The Bertz CT molecular complexity index is 862. The molecule has 25 heavy (non-hydrogen) atoms. The topological polar surface area (TPSA) is 89.1 Å². The molecule has 0 spiro atoms. The SMILES string of the molecule is COc1ccc(OC)c(CC(=O)Nc2cc(-c3ccncc3)[nH]n2)c1. The van der Waals surface area contributed by atoms with E-state index >= 15 is 0 Å². The van der Waals surface area contributed by atoms with Crippen molar-refractivity contribution in [3.63, 3.8) is 0 Å². The fraction of sp³-hybridized carbons (Fsp3) is 0.167. The van der Waals surface area contributed by atoms with Crippen molar-refractivity contribution in [2.45, 2.75) is 6.42 Å². The van der Waals surface area contributed by atoms with Crippen LogP contribution in [-0.2, 0) is 11.2 Å². The number of aromatic amines is 1. The standard InChI is InChI=1S/C18H18N4O3/c1-24-14-3-4-16(25-2)13(9-14)10-18(23)20-17-11-15(21-22-17)12-5-7-19-8-6-12/h3-9,11H,10H2,1-2H3,(H2,20,21,22,23). The minimum Gasteiger partial charge on any atom is -0.497 e. The summed E-state index contributed by atoms with van der Waals surface area (Å²) in [6, 6.07) is 10.8. The van der Waals surface area contributed by atoms with Crippen molar-refractivity contribution < 1.29 is 14.3 Å². The van der Waals surface area contributed by atoms with Gasteiger partial charge in [-0.1, -0.05) is 0 Å². The van der Waals surface area contributed by atoms with E-state index in [9.17, 15) is 4.79 Å². The summed E-state index contributed by atoms with van der Waals surface area (Å²) in [6.07, 6.45) is 3.55. The Morgan fingerprint density at radius 2 is 1.92 bits per heavy atom. The number of hydrogen-bond donors (Lipinski definition) is 2. The van der Waals surface area contributed by atoms with Gasteiger partial charge in [0.05, 0.1) is 26.3 Å². The number of hydrogen-bond acceptors (Lipinski definition) is 5. The second-order valence-corrected chi connectivity index (χ2v) is 5.31. The molecule has 2 heterocycles. The number of ether oxygens (including phenoxy) is 2. The van der Waals surface area contributed by atoms with E-state index in [1.165, 1.54) is 0 Å². The van der Waals surface area contributed by atoms with E-state index in [-0.39, 0.29) is 12.3 Å². The quantitative estimate of drug-likeness (QED) is 0.721. The lowest BCUT2D eigenvalue weighted by Crippen LogP contribution is -2.15. The number of benzene rings is 1. The molecule has 0 bridgehead atoms. The highest BCUT2D eigenvalue weighted by atomic mass is 16.5. The van der Waals surface area contributed by atoms with Gasteiger partial charge in [0.15, 0.2) is 5.82 Å². The lowest BCUT2D eigenvalue weighted by Gasteiger charge is -2.10. The molecule has 0 atom stereocenters. The Morgan fingerprint density at radius 3 is 2.64 bits per heavy atom. The van der Waals surface area contributed by atoms with Crippen LogP contribution in [0.5, 0.6) is 11.5 Å². The summed E-state index contributed by atoms with van der Waals surface area (Å²) >= 11 is 0. The first-order valence-corrected chi connectivity index (χ1v) is 7.66. The molecule has 0 radical (unpaired) electrons. The third-order valence-corrected chi connectivity index (χ3v) is 3.68. The molecule has 3 aromatic rings. The number of amides is 1. The summed E-state index contributed by atoms with van der Waals surface area (Å²) in [5.41, 5.74) is 2.48. The van der Waals surface area contributed by atoms with Crippen LogP contribution in [0.25, 0.3) is 11.3 Å². The van der Waals surface area contributed by atoms with Gasteiger partial charge in [0.25, 0.3) is 0 Å². The smallest absolute Gasteiger partial charge is 0.230 e. The van der Waals surface area contributed by atoms with Crippen molar-refractivity contribution in [3.8, 4) is 22.8 Å². The van der Waals surface area contributed by atoms with Crippen molar-refractivity contribution in [2.75, 3.05) is 19.5 Å². The molecule has 7 heteroatoms. The van der Waals surface area contributed by atoms with Crippen LogP contribution in [0.1, 0.15) is 5.56 Å². The van der Waals surface area contributed by atoms with Crippen molar-refractivity contribution in [3.05, 3.63) is 54.4 Å². The molecule has 3 rings (SSSR count). The Morgan fingerprint density at radius 1 is 1.12 bits per heavy atom. The number of aromatic nitrogens is 3. The van der Waals surface area contributed by atoms with Crippen LogP contribution in [-0.4, -0.2) is 35.3 Å². The number of methoxy groups -OCH3 is 2. The van der Waals surface area contributed by atoms with E-state index in [1.54, 1.807) is 50.9 Å². The van der Waals surface area contributed by atoms with Gasteiger partial charge in [0.1, 0.15) is 11.5 Å². The normalized spacial score (nSPS) is 10.3. The summed E-state index contributed by atoms with van der Waals surface area (Å²) in [6.45, 7) is 0. The predicted molar refractivity (Wildman–Crippen MR) is 93.7 cm³/mol. The van der Waals surface area contributed by atoms with Gasteiger partial charge in [-0.05, 0) is 30.3 Å². The summed E-state index contributed by atoms with van der Waals surface area (Å²) in [5, 5.41) is 9.79. The van der Waals surface area contributed by atoms with Gasteiger partial charge in [0.2, 0.25) is 5.91 Å². The highest BCUT2D eigenvalue weighted by Crippen LogP contribution is 2.25. The number of carbonyl (C=O) groups is 1. The van der Waals surface area contributed by atoms with E-state index < -0.39 is 0 Å². The molecule has 0 unspecified atom stereocenters. The molecule has 2 aromatic heterocycles. The molecular weight excluding hydrogens is 320 g/mol. The van der Waals surface area contributed by atoms with Crippen LogP contribution >= 0.6 is 0 Å². The summed E-state index contributed by atoms with van der Waals surface area (Å²) in [7, 11) is 3.15. The van der Waals surface area contributed by atoms with Gasteiger partial charge in [-0.2, -0.15) is 5.10 Å². The van der Waals surface area contributed by atoms with E-state index in [0.29, 0.717) is 17.3 Å². The highest BCUT2D eigenvalue weighted by molar-refractivity contribution is 5.92. The van der Waals surface area contributed by atoms with E-state index in [0.717, 1.165) is 16.8 Å². The van der Waals surface area contributed by atoms with E-state index in [4.69, 9.17) is 9.47 Å². The molecule has 7 nitrogen and oxygen atoms in total. The average molecular weight is 338 g/mol. The number of nitrogens with one attached hydrogen (secondary N) is 2. The Hall–Kier alpha value is -3.35. The van der Waals surface area contributed by atoms with Crippen LogP contribution in [0.2, 0.25) is 0 Å². The van der Waals surface area contributed by atoms with Gasteiger partial charge in [-0.25, -0.2) is 0 Å². The molecule has 0 fully saturated rings. The van der Waals surface area contributed by atoms with Crippen LogP contribution < -0.4 is 14.8 Å². The van der Waals surface area contributed by atoms with Gasteiger partial charge in [-0.15, -0.1) is 0 Å². The Kier molecular flexibility index (Phi) is 4.94. The molecule has 0 saturated heterocycles. The maximum atomic E-state index is 12.3. The minimum absolute atomic E-state index is 0.151. The lowest BCUT2D eigenvalue weighted by molar-refractivity contribution is -0.115. The van der Waals surface area contributed by atoms with Crippen LogP contribution in [0.3, 0.4) is 0 Å². The largest absolute Gasteiger partial charge is 0.497 e. The molecular formula is C18H18N4O3. The maximum absolute atomic E-state index is 12.3. The van der Waals surface area contributed by atoms with Crippen molar-refractivity contribution in [1.29, 1.82) is 0 Å². The second kappa shape index (κ2) is 7.48. The summed E-state index contributed by atoms with van der Waals surface area (Å²) < 4.78 is 10.5. The van der Waals surface area contributed by atoms with Crippen molar-refractivity contribution >= 4 is 11.7 Å². The Balaban J connectivity index is 1.70. The number of pyridine rings is 1. The van der Waals surface area contributed by atoms with Gasteiger partial charge < -0.3 is 14.8 Å². The second-order valence-electron chi connectivity index (χ2n) is 5.31. The van der Waals surface area contributed by atoms with E-state index in [2.05, 4.69) is 20.5 Å². The first kappa shape index (κ1) is 16.5. The van der Waals surface area contributed by atoms with Gasteiger partial charge in [-0.3, -0.25) is 14.9 Å². The number of nitrogens with zero attached hydrogens (tertiary/aromatic N) is 2. The fourth-order valence-electron chi connectivity index (χ4n) is 2.45. The first-order valence-electron chi connectivity index (χ1n) is 7.66. The number of rotatable bonds is 6. The van der Waals surface area contributed by atoms with Crippen LogP contribution in [0.15, 0.2) is 48.8 Å². The third kappa shape index (κ3) is 3.95. The molecule has 0 aliphatic heterocycles. The Labute approximate surface area is 145 Å². The monoisotopic (exact) mass is 338 g/mol. The molecule has 0 aliphatic rings. The maximum Gasteiger partial charge on any atom is 0.230 e. The molecule has 128 valence electrons. The average Bonchev–Trinajstić information content (AvgIpc) is 3.10. The zero-order valence-corrected chi connectivity index (χ0v) is 13.9. The minimum atomic E-state index is -0.195. The van der Waals surface area contributed by atoms with E-state index in [1.807, 2.05) is 12.1 Å². The van der Waals surface area contributed by atoms with Crippen molar-refractivity contribution in [2.24, 2.45) is 0 Å². The molecule has 0 saturated carbocycles. The molecule has 1 amide bonds. The van der Waals surface area contributed by atoms with Gasteiger partial charge in [0, 0.05) is 29.6 Å². The highest BCUT2D eigenvalue weighted by Gasteiger charge is 2.12. The fourth-order valence-corrected chi connectivity index (χ4v) is 2.45.